The molecule has 1 atom stereocenters. The summed E-state index contributed by atoms with van der Waals surface area (Å²) in [6.45, 7) is 2.73. The summed E-state index contributed by atoms with van der Waals surface area (Å²) in [5, 5.41) is 3.08. The van der Waals surface area contributed by atoms with Gasteiger partial charge < -0.3 is 9.73 Å². The van der Waals surface area contributed by atoms with Crippen LogP contribution in [0.2, 0.25) is 0 Å². The molecule has 1 aromatic heterocycles. The number of oxazole rings is 1. The third kappa shape index (κ3) is 5.13. The van der Waals surface area contributed by atoms with E-state index in [1.54, 1.807) is 18.3 Å². The van der Waals surface area contributed by atoms with Crippen molar-refractivity contribution < 1.29 is 13.6 Å². The number of halogens is 1. The third-order valence-electron chi connectivity index (χ3n) is 5.51. The molecule has 0 aliphatic carbocycles. The van der Waals surface area contributed by atoms with Gasteiger partial charge in [-0.25, -0.2) is 9.37 Å². The third-order valence-corrected chi connectivity index (χ3v) is 5.51. The summed E-state index contributed by atoms with van der Waals surface area (Å²) in [6, 6.07) is 16.6. The monoisotopic (exact) mass is 407 g/mol. The van der Waals surface area contributed by atoms with Crippen molar-refractivity contribution in [1.29, 1.82) is 0 Å². The molecule has 6 heteroatoms. The molecule has 1 N–H and O–H groups in total. The van der Waals surface area contributed by atoms with Crippen molar-refractivity contribution in [3.05, 3.63) is 78.1 Å². The van der Waals surface area contributed by atoms with E-state index in [4.69, 9.17) is 4.42 Å². The van der Waals surface area contributed by atoms with E-state index in [0.717, 1.165) is 18.7 Å². The summed E-state index contributed by atoms with van der Waals surface area (Å²) in [4.78, 5) is 19.1. The van der Waals surface area contributed by atoms with Gasteiger partial charge in [0, 0.05) is 24.9 Å². The Morgan fingerprint density at radius 2 is 1.83 bits per heavy atom. The molecule has 156 valence electrons. The van der Waals surface area contributed by atoms with E-state index in [0.29, 0.717) is 31.0 Å². The van der Waals surface area contributed by atoms with Crippen LogP contribution in [0, 0.1) is 5.82 Å². The minimum Gasteiger partial charge on any atom is -0.441 e. The van der Waals surface area contributed by atoms with Gasteiger partial charge in [0.1, 0.15) is 5.82 Å². The van der Waals surface area contributed by atoms with Gasteiger partial charge in [0.15, 0.2) is 11.7 Å². The number of likely N-dealkylation sites (tertiary alicyclic amines) is 1. The highest BCUT2D eigenvalue weighted by molar-refractivity contribution is 5.76. The van der Waals surface area contributed by atoms with Crippen LogP contribution in [0.25, 0.3) is 11.3 Å². The second kappa shape index (κ2) is 9.67. The predicted octanol–water partition coefficient (Wildman–Crippen LogP) is 4.37. The van der Waals surface area contributed by atoms with Crippen molar-refractivity contribution in [2.75, 3.05) is 19.6 Å². The zero-order chi connectivity index (χ0) is 20.8. The number of nitrogens with zero attached hydrogens (tertiary/aromatic N) is 2. The van der Waals surface area contributed by atoms with E-state index in [-0.39, 0.29) is 17.8 Å². The number of aromatic nitrogens is 1. The van der Waals surface area contributed by atoms with E-state index >= 15 is 0 Å². The number of amides is 1. The second-order valence-electron chi connectivity index (χ2n) is 7.60. The Balaban J connectivity index is 1.30. The molecular weight excluding hydrogens is 381 g/mol. The van der Waals surface area contributed by atoms with Crippen LogP contribution in [-0.2, 0) is 11.2 Å². The Hall–Kier alpha value is -2.99. The molecule has 0 saturated carbocycles. The Morgan fingerprint density at radius 3 is 2.57 bits per heavy atom. The van der Waals surface area contributed by atoms with Gasteiger partial charge in [0.25, 0.3) is 0 Å². The molecule has 0 unspecified atom stereocenters. The van der Waals surface area contributed by atoms with Crippen molar-refractivity contribution >= 4 is 5.91 Å². The summed E-state index contributed by atoms with van der Waals surface area (Å²) in [6.07, 6.45) is 4.76. The molecule has 1 fully saturated rings. The lowest BCUT2D eigenvalue weighted by atomic mass is 10.1. The molecule has 1 aliphatic rings. The van der Waals surface area contributed by atoms with Crippen LogP contribution < -0.4 is 5.32 Å². The number of benzene rings is 2. The van der Waals surface area contributed by atoms with E-state index in [9.17, 15) is 9.18 Å². The standard InChI is InChI=1S/C24H26FN3O2/c25-20-10-8-19(9-11-20)22-17-27-24(30-22)13-12-23(29)26-16-21(28-14-4-5-15-28)18-6-2-1-3-7-18/h1-3,6-11,17,21H,4-5,12-16H2,(H,26,29)/t21-/m1/s1. The van der Waals surface area contributed by atoms with Crippen LogP contribution in [0.4, 0.5) is 4.39 Å². The van der Waals surface area contributed by atoms with E-state index < -0.39 is 0 Å². The van der Waals surface area contributed by atoms with Crippen molar-refractivity contribution in [3.63, 3.8) is 0 Å². The highest BCUT2D eigenvalue weighted by Crippen LogP contribution is 2.24. The molecule has 2 heterocycles. The maximum atomic E-state index is 13.1. The molecule has 0 spiro atoms. The number of nitrogens with one attached hydrogen (secondary N) is 1. The molecule has 2 aromatic carbocycles. The number of rotatable bonds is 8. The lowest BCUT2D eigenvalue weighted by Gasteiger charge is -2.28. The minimum atomic E-state index is -0.294. The molecule has 0 bridgehead atoms. The zero-order valence-electron chi connectivity index (χ0n) is 16.9. The van der Waals surface area contributed by atoms with Crippen LogP contribution in [-0.4, -0.2) is 35.4 Å². The fourth-order valence-electron chi connectivity index (χ4n) is 3.88. The van der Waals surface area contributed by atoms with Gasteiger partial charge in [0.05, 0.1) is 12.2 Å². The topological polar surface area (TPSA) is 58.4 Å². The van der Waals surface area contributed by atoms with E-state index in [1.807, 2.05) is 18.2 Å². The number of aryl methyl sites for hydroxylation is 1. The quantitative estimate of drug-likeness (QED) is 0.603. The van der Waals surface area contributed by atoms with Gasteiger partial charge in [-0.2, -0.15) is 0 Å². The first kappa shape index (κ1) is 20.3. The number of hydrogen-bond acceptors (Lipinski definition) is 4. The Labute approximate surface area is 175 Å². The first-order valence-corrected chi connectivity index (χ1v) is 10.5. The molecule has 0 radical (unpaired) electrons. The van der Waals surface area contributed by atoms with Gasteiger partial charge in [-0.15, -0.1) is 0 Å². The summed E-state index contributed by atoms with van der Waals surface area (Å²) < 4.78 is 18.8. The smallest absolute Gasteiger partial charge is 0.220 e. The largest absolute Gasteiger partial charge is 0.441 e. The number of carbonyl (C=O) groups excluding carboxylic acids is 1. The van der Waals surface area contributed by atoms with Gasteiger partial charge >= 0.3 is 0 Å². The summed E-state index contributed by atoms with van der Waals surface area (Å²) in [7, 11) is 0. The van der Waals surface area contributed by atoms with Crippen LogP contribution >= 0.6 is 0 Å². The summed E-state index contributed by atoms with van der Waals surface area (Å²) >= 11 is 0. The van der Waals surface area contributed by atoms with Crippen LogP contribution in [0.3, 0.4) is 0 Å². The van der Waals surface area contributed by atoms with Gasteiger partial charge in [0.2, 0.25) is 5.91 Å². The summed E-state index contributed by atoms with van der Waals surface area (Å²) in [5.74, 6) is 0.766. The Kier molecular flexibility index (Phi) is 6.54. The van der Waals surface area contributed by atoms with Crippen LogP contribution in [0.1, 0.15) is 36.8 Å². The van der Waals surface area contributed by atoms with Crippen molar-refractivity contribution in [3.8, 4) is 11.3 Å². The SMILES string of the molecule is O=C(CCc1ncc(-c2ccc(F)cc2)o1)NC[C@H](c1ccccc1)N1CCCC1. The highest BCUT2D eigenvalue weighted by atomic mass is 19.1. The molecule has 3 aromatic rings. The minimum absolute atomic E-state index is 0.0170. The van der Waals surface area contributed by atoms with Crippen LogP contribution in [0.15, 0.2) is 65.2 Å². The molecule has 1 amide bonds. The predicted molar refractivity (Wildman–Crippen MR) is 113 cm³/mol. The number of carbonyl (C=O) groups is 1. The summed E-state index contributed by atoms with van der Waals surface area (Å²) in [5.41, 5.74) is 1.99. The normalized spacial score (nSPS) is 15.2. The highest BCUT2D eigenvalue weighted by Gasteiger charge is 2.23. The molecule has 1 saturated heterocycles. The first-order chi connectivity index (χ1) is 14.7. The van der Waals surface area contributed by atoms with Gasteiger partial charge in [-0.1, -0.05) is 30.3 Å². The van der Waals surface area contributed by atoms with E-state index in [2.05, 4.69) is 27.3 Å². The average Bonchev–Trinajstić information content (AvgIpc) is 3.46. The zero-order valence-corrected chi connectivity index (χ0v) is 16.9. The molecule has 1 aliphatic heterocycles. The number of hydrogen-bond donors (Lipinski definition) is 1. The molecule has 5 nitrogen and oxygen atoms in total. The fraction of sp³-hybridized carbons (Fsp3) is 0.333. The van der Waals surface area contributed by atoms with E-state index in [1.165, 1.54) is 30.5 Å². The molecular formula is C24H26FN3O2. The van der Waals surface area contributed by atoms with Crippen LogP contribution in [0.5, 0.6) is 0 Å². The van der Waals surface area contributed by atoms with Crippen molar-refractivity contribution in [2.45, 2.75) is 31.7 Å². The average molecular weight is 407 g/mol. The first-order valence-electron chi connectivity index (χ1n) is 10.5. The van der Waals surface area contributed by atoms with Crippen molar-refractivity contribution in [2.24, 2.45) is 0 Å². The maximum Gasteiger partial charge on any atom is 0.220 e. The molecule has 30 heavy (non-hydrogen) atoms. The van der Waals surface area contributed by atoms with Gasteiger partial charge in [-0.05, 0) is 55.8 Å². The van der Waals surface area contributed by atoms with Gasteiger partial charge in [-0.3, -0.25) is 9.69 Å². The van der Waals surface area contributed by atoms with Crippen molar-refractivity contribution in [1.82, 2.24) is 15.2 Å². The lowest BCUT2D eigenvalue weighted by Crippen LogP contribution is -2.36. The lowest BCUT2D eigenvalue weighted by molar-refractivity contribution is -0.121. The Morgan fingerprint density at radius 1 is 1.10 bits per heavy atom. The molecule has 4 rings (SSSR count). The maximum absolute atomic E-state index is 13.1. The second-order valence-corrected chi connectivity index (χ2v) is 7.60. The fourth-order valence-corrected chi connectivity index (χ4v) is 3.88. The Bertz CT molecular complexity index is 950.